The SMILES string of the molecule is CCCCN(C(=O)CN1C[C@H](c2ccc3c(c2)OCO3)C(C(=O)O)[C@@H]1CCn1cccn1)c1cccc(C[N+](C)(C)C)c1. The number of hydrogen-bond donors (Lipinski definition) is 1. The van der Waals surface area contributed by atoms with Gasteiger partial charge >= 0.3 is 5.97 Å². The molecule has 2 aliphatic heterocycles. The lowest BCUT2D eigenvalue weighted by atomic mass is 9.84. The van der Waals surface area contributed by atoms with Gasteiger partial charge in [-0.2, -0.15) is 5.10 Å². The zero-order chi connectivity index (χ0) is 30.6. The van der Waals surface area contributed by atoms with Crippen molar-refractivity contribution in [1.82, 2.24) is 14.7 Å². The number of amides is 1. The molecular weight excluding hydrogens is 546 g/mol. The van der Waals surface area contributed by atoms with Crippen molar-refractivity contribution in [2.45, 2.75) is 51.2 Å². The van der Waals surface area contributed by atoms with E-state index >= 15 is 0 Å². The molecular formula is C33H44N5O5+. The van der Waals surface area contributed by atoms with E-state index in [4.69, 9.17) is 9.47 Å². The second-order valence-corrected chi connectivity index (χ2v) is 12.7. The lowest BCUT2D eigenvalue weighted by Crippen LogP contribution is -2.45. The maximum atomic E-state index is 14.1. The van der Waals surface area contributed by atoms with Gasteiger partial charge in [-0.15, -0.1) is 0 Å². The van der Waals surface area contributed by atoms with Gasteiger partial charge in [0.1, 0.15) is 6.54 Å². The summed E-state index contributed by atoms with van der Waals surface area (Å²) in [7, 11) is 6.45. The van der Waals surface area contributed by atoms with Crippen LogP contribution in [0.15, 0.2) is 60.9 Å². The number of benzene rings is 2. The van der Waals surface area contributed by atoms with Gasteiger partial charge < -0.3 is 24.0 Å². The van der Waals surface area contributed by atoms with E-state index in [1.165, 1.54) is 5.56 Å². The number of unbranched alkanes of at least 4 members (excludes halogenated alkanes) is 1. The van der Waals surface area contributed by atoms with Gasteiger partial charge in [-0.25, -0.2) is 0 Å². The molecule has 10 nitrogen and oxygen atoms in total. The highest BCUT2D eigenvalue weighted by Crippen LogP contribution is 2.43. The van der Waals surface area contributed by atoms with Crippen molar-refractivity contribution in [3.8, 4) is 11.5 Å². The summed E-state index contributed by atoms with van der Waals surface area (Å²) in [5.74, 6) is -0.590. The van der Waals surface area contributed by atoms with Crippen LogP contribution < -0.4 is 14.4 Å². The Kier molecular flexibility index (Phi) is 9.37. The summed E-state index contributed by atoms with van der Waals surface area (Å²) in [5, 5.41) is 14.9. The number of likely N-dealkylation sites (tertiary alicyclic amines) is 1. The van der Waals surface area contributed by atoms with Crippen molar-refractivity contribution in [2.24, 2.45) is 5.92 Å². The predicted octanol–water partition coefficient (Wildman–Crippen LogP) is 4.21. The minimum absolute atomic E-state index is 0.0181. The maximum Gasteiger partial charge on any atom is 0.308 e. The lowest BCUT2D eigenvalue weighted by Gasteiger charge is -2.30. The highest BCUT2D eigenvalue weighted by molar-refractivity contribution is 5.95. The van der Waals surface area contributed by atoms with E-state index in [1.807, 2.05) is 52.2 Å². The van der Waals surface area contributed by atoms with E-state index in [1.54, 1.807) is 6.20 Å². The molecule has 1 unspecified atom stereocenters. The first-order valence-electron chi connectivity index (χ1n) is 15.2. The Hall–Kier alpha value is -3.89. The Labute approximate surface area is 254 Å². The van der Waals surface area contributed by atoms with Gasteiger partial charge in [-0.3, -0.25) is 19.2 Å². The topological polar surface area (TPSA) is 97.1 Å². The summed E-state index contributed by atoms with van der Waals surface area (Å²) < 4.78 is 13.7. The van der Waals surface area contributed by atoms with Crippen molar-refractivity contribution < 1.29 is 28.7 Å². The molecule has 43 heavy (non-hydrogen) atoms. The molecule has 1 N–H and O–H groups in total. The third kappa shape index (κ3) is 7.37. The fraction of sp³-hybridized carbons (Fsp3) is 0.485. The number of aryl methyl sites for hydroxylation is 1. The van der Waals surface area contributed by atoms with Crippen molar-refractivity contribution in [1.29, 1.82) is 0 Å². The van der Waals surface area contributed by atoms with Gasteiger partial charge in [0, 0.05) is 55.2 Å². The molecule has 1 saturated heterocycles. The normalized spacial score (nSPS) is 20.0. The fourth-order valence-electron chi connectivity index (χ4n) is 6.37. The van der Waals surface area contributed by atoms with Gasteiger partial charge in [0.05, 0.1) is 33.6 Å². The average Bonchev–Trinajstić information content (AvgIpc) is 3.71. The van der Waals surface area contributed by atoms with Crippen LogP contribution in [0.4, 0.5) is 5.69 Å². The molecule has 3 heterocycles. The first kappa shape index (κ1) is 30.6. The van der Waals surface area contributed by atoms with Crippen LogP contribution in [-0.2, 0) is 22.7 Å². The molecule has 230 valence electrons. The second-order valence-electron chi connectivity index (χ2n) is 12.7. The Morgan fingerprint density at radius 2 is 1.91 bits per heavy atom. The third-order valence-corrected chi connectivity index (χ3v) is 8.33. The predicted molar refractivity (Wildman–Crippen MR) is 164 cm³/mol. The van der Waals surface area contributed by atoms with Crippen LogP contribution in [0.3, 0.4) is 0 Å². The number of aromatic nitrogens is 2. The van der Waals surface area contributed by atoms with Crippen LogP contribution in [0.2, 0.25) is 0 Å². The average molecular weight is 591 g/mol. The Morgan fingerprint density at radius 1 is 1.09 bits per heavy atom. The molecule has 1 aromatic heterocycles. The van der Waals surface area contributed by atoms with Gasteiger partial charge in [0.2, 0.25) is 12.7 Å². The first-order chi connectivity index (χ1) is 20.6. The van der Waals surface area contributed by atoms with Crippen LogP contribution in [-0.4, -0.2) is 89.8 Å². The van der Waals surface area contributed by atoms with Crippen LogP contribution in [0.5, 0.6) is 11.5 Å². The number of rotatable bonds is 13. The number of fused-ring (bicyclic) bond motifs is 1. The van der Waals surface area contributed by atoms with E-state index in [9.17, 15) is 14.7 Å². The molecule has 0 radical (unpaired) electrons. The molecule has 10 heteroatoms. The summed E-state index contributed by atoms with van der Waals surface area (Å²) in [6, 6.07) is 15.4. The Balaban J connectivity index is 1.43. The lowest BCUT2D eigenvalue weighted by molar-refractivity contribution is -0.884. The zero-order valence-electron chi connectivity index (χ0n) is 25.7. The number of hydrogen-bond acceptors (Lipinski definition) is 6. The monoisotopic (exact) mass is 590 g/mol. The summed E-state index contributed by atoms with van der Waals surface area (Å²) in [6.07, 6.45) is 6.00. The summed E-state index contributed by atoms with van der Waals surface area (Å²) in [4.78, 5) is 31.0. The molecule has 5 rings (SSSR count). The van der Waals surface area contributed by atoms with Crippen molar-refractivity contribution in [3.63, 3.8) is 0 Å². The molecule has 0 saturated carbocycles. The summed E-state index contributed by atoms with van der Waals surface area (Å²) >= 11 is 0. The number of quaternary nitrogens is 1. The van der Waals surface area contributed by atoms with Gasteiger partial charge in [-0.1, -0.05) is 31.5 Å². The van der Waals surface area contributed by atoms with Crippen LogP contribution in [0, 0.1) is 5.92 Å². The number of carbonyl (C=O) groups is 2. The number of ether oxygens (including phenoxy) is 2. The quantitative estimate of drug-likeness (QED) is 0.298. The highest BCUT2D eigenvalue weighted by Gasteiger charge is 2.47. The molecule has 0 spiro atoms. The van der Waals surface area contributed by atoms with E-state index in [0.29, 0.717) is 37.6 Å². The molecule has 1 amide bonds. The maximum absolute atomic E-state index is 14.1. The fourth-order valence-corrected chi connectivity index (χ4v) is 6.37. The second kappa shape index (κ2) is 13.2. The van der Waals surface area contributed by atoms with E-state index in [0.717, 1.165) is 35.1 Å². The highest BCUT2D eigenvalue weighted by atomic mass is 16.7. The number of carbonyl (C=O) groups excluding carboxylic acids is 1. The Bertz CT molecular complexity index is 1400. The number of carboxylic acids is 1. The summed E-state index contributed by atoms with van der Waals surface area (Å²) in [5.41, 5.74) is 2.94. The number of nitrogens with zero attached hydrogens (tertiary/aromatic N) is 5. The molecule has 2 aliphatic rings. The van der Waals surface area contributed by atoms with Crippen molar-refractivity contribution >= 4 is 17.6 Å². The number of anilines is 1. The first-order valence-corrected chi connectivity index (χ1v) is 15.2. The van der Waals surface area contributed by atoms with E-state index < -0.39 is 11.9 Å². The van der Waals surface area contributed by atoms with Crippen molar-refractivity contribution in [2.75, 3.05) is 52.5 Å². The van der Waals surface area contributed by atoms with Crippen LogP contribution >= 0.6 is 0 Å². The van der Waals surface area contributed by atoms with Crippen LogP contribution in [0.1, 0.15) is 43.2 Å². The van der Waals surface area contributed by atoms with E-state index in [2.05, 4.69) is 50.2 Å². The van der Waals surface area contributed by atoms with Gasteiger partial charge in [0.15, 0.2) is 11.5 Å². The molecule has 2 aromatic carbocycles. The van der Waals surface area contributed by atoms with Gasteiger partial charge in [-0.05, 0) is 48.7 Å². The minimum Gasteiger partial charge on any atom is -0.481 e. The number of carboxylic acid groups (broad SMARTS) is 1. The summed E-state index contributed by atoms with van der Waals surface area (Å²) in [6.45, 7) is 4.89. The molecule has 1 fully saturated rings. The molecule has 3 aromatic rings. The third-order valence-electron chi connectivity index (χ3n) is 8.33. The van der Waals surface area contributed by atoms with Gasteiger partial charge in [0.25, 0.3) is 0 Å². The molecule has 0 aliphatic carbocycles. The largest absolute Gasteiger partial charge is 0.481 e. The Morgan fingerprint density at radius 3 is 2.63 bits per heavy atom. The minimum atomic E-state index is -0.862. The molecule has 0 bridgehead atoms. The molecule has 3 atom stereocenters. The smallest absolute Gasteiger partial charge is 0.308 e. The standard InChI is InChI=1S/C33H43N5O5/c1-5-6-16-37(26-10-7-9-24(18-26)22-38(2,3)4)31(39)21-35-20-27(25-11-12-29-30(19-25)43-23-42-29)32(33(40)41)28(35)13-17-36-15-8-14-34-36/h7-12,14-15,18-19,27-28,32H,5-6,13,16-17,20-23H2,1-4H3/p+1/t27-,28+,32?/m1/s1. The van der Waals surface area contributed by atoms with Crippen LogP contribution in [0.25, 0.3) is 0 Å². The zero-order valence-corrected chi connectivity index (χ0v) is 25.7. The number of aliphatic carboxylic acids is 1. The van der Waals surface area contributed by atoms with Crippen molar-refractivity contribution in [3.05, 3.63) is 72.1 Å². The van der Waals surface area contributed by atoms with E-state index in [-0.39, 0.29) is 31.2 Å².